The van der Waals surface area contributed by atoms with Crippen molar-refractivity contribution >= 4 is 6.08 Å². The Labute approximate surface area is 123 Å². The van der Waals surface area contributed by atoms with Crippen LogP contribution < -0.4 is 4.74 Å². The Hall–Kier alpha value is -1.28. The van der Waals surface area contributed by atoms with Gasteiger partial charge in [-0.1, -0.05) is 38.5 Å². The monoisotopic (exact) mass is 276 g/mol. The second-order valence-electron chi connectivity index (χ2n) is 5.69. The van der Waals surface area contributed by atoms with Gasteiger partial charge in [0.25, 0.3) is 0 Å². The van der Waals surface area contributed by atoms with Crippen molar-refractivity contribution in [1.82, 2.24) is 0 Å². The van der Waals surface area contributed by atoms with E-state index in [1.54, 1.807) is 7.11 Å². The Kier molecular flexibility index (Phi) is 7.38. The molecule has 0 aliphatic rings. The summed E-state index contributed by atoms with van der Waals surface area (Å²) in [4.78, 5) is 0. The van der Waals surface area contributed by atoms with E-state index in [4.69, 9.17) is 4.74 Å². The molecule has 1 N–H and O–H groups in total. The molecule has 0 saturated carbocycles. The van der Waals surface area contributed by atoms with Crippen LogP contribution in [0, 0.1) is 0 Å². The standard InChI is InChI=1S/C18H28O2/c1-14(2)16-11-12-18(20-4)17(13-16)10-8-6-5-7-9-15(3)19/h8,10-15,19H,5-7,9H2,1-4H3/t15-/m1/s1. The summed E-state index contributed by atoms with van der Waals surface area (Å²) < 4.78 is 5.41. The van der Waals surface area contributed by atoms with E-state index in [1.807, 2.05) is 13.0 Å². The molecule has 0 amide bonds. The van der Waals surface area contributed by atoms with Crippen molar-refractivity contribution < 1.29 is 9.84 Å². The number of rotatable bonds is 8. The molecular formula is C18H28O2. The summed E-state index contributed by atoms with van der Waals surface area (Å²) in [6.07, 6.45) is 8.29. The average Bonchev–Trinajstić information content (AvgIpc) is 2.42. The van der Waals surface area contributed by atoms with Crippen LogP contribution in [0.3, 0.4) is 0 Å². The fraction of sp³-hybridized carbons (Fsp3) is 0.556. The lowest BCUT2D eigenvalue weighted by atomic mass is 10.00. The van der Waals surface area contributed by atoms with Gasteiger partial charge in [0.05, 0.1) is 13.2 Å². The average molecular weight is 276 g/mol. The second-order valence-corrected chi connectivity index (χ2v) is 5.69. The third kappa shape index (κ3) is 5.79. The molecule has 20 heavy (non-hydrogen) atoms. The molecule has 0 bridgehead atoms. The Morgan fingerprint density at radius 3 is 2.55 bits per heavy atom. The SMILES string of the molecule is COc1ccc(C(C)C)cc1C=CCCCC[C@@H](C)O. The Bertz CT molecular complexity index is 419. The van der Waals surface area contributed by atoms with Gasteiger partial charge in [-0.15, -0.1) is 0 Å². The second kappa shape index (κ2) is 8.80. The van der Waals surface area contributed by atoms with Crippen LogP contribution in [0.5, 0.6) is 5.75 Å². The van der Waals surface area contributed by atoms with Crippen molar-refractivity contribution in [2.45, 2.75) is 58.5 Å². The fourth-order valence-corrected chi connectivity index (χ4v) is 2.15. The van der Waals surface area contributed by atoms with Gasteiger partial charge in [-0.2, -0.15) is 0 Å². The smallest absolute Gasteiger partial charge is 0.126 e. The third-order valence-electron chi connectivity index (χ3n) is 3.46. The summed E-state index contributed by atoms with van der Waals surface area (Å²) in [6.45, 7) is 6.24. The molecule has 1 rings (SSSR count). The van der Waals surface area contributed by atoms with E-state index in [0.29, 0.717) is 5.92 Å². The number of aliphatic hydroxyl groups excluding tert-OH is 1. The minimum atomic E-state index is -0.179. The number of hydrogen-bond donors (Lipinski definition) is 1. The lowest BCUT2D eigenvalue weighted by Gasteiger charge is -2.10. The van der Waals surface area contributed by atoms with Gasteiger partial charge in [0.2, 0.25) is 0 Å². The van der Waals surface area contributed by atoms with Gasteiger partial charge in [0.15, 0.2) is 0 Å². The number of hydrogen-bond acceptors (Lipinski definition) is 2. The van der Waals surface area contributed by atoms with Crippen molar-refractivity contribution in [3.63, 3.8) is 0 Å². The van der Waals surface area contributed by atoms with Crippen molar-refractivity contribution in [3.05, 3.63) is 35.4 Å². The summed E-state index contributed by atoms with van der Waals surface area (Å²) >= 11 is 0. The summed E-state index contributed by atoms with van der Waals surface area (Å²) in [5, 5.41) is 9.20. The lowest BCUT2D eigenvalue weighted by molar-refractivity contribution is 0.181. The maximum atomic E-state index is 9.20. The van der Waals surface area contributed by atoms with E-state index in [1.165, 1.54) is 5.56 Å². The molecule has 1 aromatic rings. The molecule has 1 aromatic carbocycles. The first-order valence-corrected chi connectivity index (χ1v) is 7.57. The predicted molar refractivity (Wildman–Crippen MR) is 86.3 cm³/mol. The van der Waals surface area contributed by atoms with E-state index in [0.717, 1.165) is 37.0 Å². The number of unbranched alkanes of at least 4 members (excludes halogenated alkanes) is 2. The Morgan fingerprint density at radius 1 is 1.20 bits per heavy atom. The summed E-state index contributed by atoms with van der Waals surface area (Å²) in [5.74, 6) is 1.45. The van der Waals surface area contributed by atoms with Crippen molar-refractivity contribution in [2.24, 2.45) is 0 Å². The summed E-state index contributed by atoms with van der Waals surface area (Å²) in [7, 11) is 1.71. The molecule has 0 fully saturated rings. The van der Waals surface area contributed by atoms with E-state index in [-0.39, 0.29) is 6.10 Å². The highest BCUT2D eigenvalue weighted by Crippen LogP contribution is 2.25. The van der Waals surface area contributed by atoms with Gasteiger partial charge < -0.3 is 9.84 Å². The number of aliphatic hydroxyl groups is 1. The van der Waals surface area contributed by atoms with Crippen LogP contribution in [0.1, 0.15) is 63.5 Å². The molecule has 0 aliphatic carbocycles. The highest BCUT2D eigenvalue weighted by molar-refractivity contribution is 5.58. The van der Waals surface area contributed by atoms with Crippen LogP contribution in [-0.2, 0) is 0 Å². The largest absolute Gasteiger partial charge is 0.496 e. The van der Waals surface area contributed by atoms with Gasteiger partial charge in [0.1, 0.15) is 5.75 Å². The molecule has 112 valence electrons. The predicted octanol–water partition coefficient (Wildman–Crippen LogP) is 4.77. The molecule has 2 nitrogen and oxygen atoms in total. The molecule has 0 spiro atoms. The van der Waals surface area contributed by atoms with E-state index >= 15 is 0 Å². The van der Waals surface area contributed by atoms with E-state index in [9.17, 15) is 5.11 Å². The van der Waals surface area contributed by atoms with Gasteiger partial charge in [-0.05, 0) is 49.8 Å². The topological polar surface area (TPSA) is 29.5 Å². The maximum absolute atomic E-state index is 9.20. The Morgan fingerprint density at radius 2 is 1.95 bits per heavy atom. The van der Waals surface area contributed by atoms with E-state index < -0.39 is 0 Å². The zero-order valence-corrected chi connectivity index (χ0v) is 13.2. The van der Waals surface area contributed by atoms with Gasteiger partial charge in [-0.25, -0.2) is 0 Å². The molecule has 1 atom stereocenters. The number of allylic oxidation sites excluding steroid dienone is 1. The van der Waals surface area contributed by atoms with Gasteiger partial charge in [-0.3, -0.25) is 0 Å². The molecule has 0 aliphatic heterocycles. The zero-order chi connectivity index (χ0) is 15.0. The number of methoxy groups -OCH3 is 1. The molecular weight excluding hydrogens is 248 g/mol. The van der Waals surface area contributed by atoms with Gasteiger partial charge >= 0.3 is 0 Å². The Balaban J connectivity index is 2.58. The van der Waals surface area contributed by atoms with Crippen molar-refractivity contribution in [1.29, 1.82) is 0 Å². The first-order valence-electron chi connectivity index (χ1n) is 7.57. The molecule has 0 heterocycles. The molecule has 0 saturated heterocycles. The van der Waals surface area contributed by atoms with Crippen LogP contribution in [0.4, 0.5) is 0 Å². The highest BCUT2D eigenvalue weighted by Gasteiger charge is 2.04. The fourth-order valence-electron chi connectivity index (χ4n) is 2.15. The quantitative estimate of drug-likeness (QED) is 0.693. The van der Waals surface area contributed by atoms with Gasteiger partial charge in [0, 0.05) is 5.56 Å². The lowest BCUT2D eigenvalue weighted by Crippen LogP contribution is -1.97. The maximum Gasteiger partial charge on any atom is 0.126 e. The molecule has 0 aromatic heterocycles. The van der Waals surface area contributed by atoms with E-state index in [2.05, 4.69) is 38.1 Å². The minimum absolute atomic E-state index is 0.179. The minimum Gasteiger partial charge on any atom is -0.496 e. The summed E-state index contributed by atoms with van der Waals surface area (Å²) in [6, 6.07) is 6.38. The van der Waals surface area contributed by atoms with Crippen LogP contribution in [-0.4, -0.2) is 18.3 Å². The zero-order valence-electron chi connectivity index (χ0n) is 13.2. The molecule has 2 heteroatoms. The normalized spacial score (nSPS) is 13.1. The molecule has 0 radical (unpaired) electrons. The van der Waals surface area contributed by atoms with Crippen LogP contribution in [0.25, 0.3) is 6.08 Å². The number of benzene rings is 1. The van der Waals surface area contributed by atoms with Crippen LogP contribution in [0.2, 0.25) is 0 Å². The van der Waals surface area contributed by atoms with Crippen LogP contribution in [0.15, 0.2) is 24.3 Å². The third-order valence-corrected chi connectivity index (χ3v) is 3.46. The highest BCUT2D eigenvalue weighted by atomic mass is 16.5. The number of ether oxygens (including phenoxy) is 1. The summed E-state index contributed by atoms with van der Waals surface area (Å²) in [5.41, 5.74) is 2.48. The van der Waals surface area contributed by atoms with Crippen molar-refractivity contribution in [2.75, 3.05) is 7.11 Å². The first-order chi connectivity index (χ1) is 9.54. The molecule has 0 unspecified atom stereocenters. The van der Waals surface area contributed by atoms with Crippen LogP contribution >= 0.6 is 0 Å². The van der Waals surface area contributed by atoms with Crippen molar-refractivity contribution in [3.8, 4) is 5.75 Å². The first kappa shape index (κ1) is 16.8.